The minimum Gasteiger partial charge on any atom is -0.593 e. The molecule has 5 nitrogen and oxygen atoms in total. The van der Waals surface area contributed by atoms with Gasteiger partial charge in [0.25, 0.3) is 5.56 Å². The Labute approximate surface area is 163 Å². The number of aromatic nitrogens is 1. The van der Waals surface area contributed by atoms with Crippen LogP contribution in [0.15, 0.2) is 29.1 Å². The van der Waals surface area contributed by atoms with Crippen LogP contribution in [0.1, 0.15) is 19.4 Å². The van der Waals surface area contributed by atoms with E-state index in [1.807, 2.05) is 32.0 Å². The lowest BCUT2D eigenvalue weighted by molar-refractivity contribution is 0.591. The fourth-order valence-electron chi connectivity index (χ4n) is 2.07. The molecule has 130 valence electrons. The van der Waals surface area contributed by atoms with Crippen LogP contribution < -0.4 is 15.6 Å². The monoisotopic (exact) mass is 479 g/mol. The molecule has 0 fully saturated rings. The predicted octanol–water partition coefficient (Wildman–Crippen LogP) is 4.18. The molecule has 24 heavy (non-hydrogen) atoms. The molecule has 2 N–H and O–H groups in total. The molecule has 0 aliphatic heterocycles. The average Bonchev–Trinajstić information content (AvgIpc) is 2.50. The van der Waals surface area contributed by atoms with Crippen molar-refractivity contribution < 1.29 is 4.55 Å². The fraction of sp³-hybridized carbons (Fsp3) is 0.312. The normalized spacial score (nSPS) is 12.3. The van der Waals surface area contributed by atoms with Crippen molar-refractivity contribution in [3.63, 3.8) is 0 Å². The van der Waals surface area contributed by atoms with Crippen LogP contribution in [0.4, 0.5) is 17.2 Å². The molecule has 0 saturated carbocycles. The Morgan fingerprint density at radius 2 is 1.96 bits per heavy atom. The van der Waals surface area contributed by atoms with Crippen LogP contribution in [0.2, 0.25) is 5.02 Å². The fourth-order valence-corrected chi connectivity index (χ4v) is 3.58. The molecule has 0 aliphatic carbocycles. The Morgan fingerprint density at radius 1 is 1.29 bits per heavy atom. The van der Waals surface area contributed by atoms with Crippen LogP contribution in [0.3, 0.4) is 0 Å². The number of benzene rings is 1. The Balaban J connectivity index is 2.50. The van der Waals surface area contributed by atoms with E-state index in [9.17, 15) is 9.35 Å². The van der Waals surface area contributed by atoms with Gasteiger partial charge in [-0.1, -0.05) is 11.6 Å². The zero-order valence-electron chi connectivity index (χ0n) is 13.8. The number of aryl methyl sites for hydroxylation is 1. The number of hydrogen-bond acceptors (Lipinski definition) is 4. The highest BCUT2D eigenvalue weighted by Crippen LogP contribution is 2.31. The number of pyridine rings is 1. The number of nitrogens with zero attached hydrogens (tertiary/aromatic N) is 1. The average molecular weight is 480 g/mol. The van der Waals surface area contributed by atoms with E-state index in [-0.39, 0.29) is 10.8 Å². The maximum atomic E-state index is 12.3. The minimum atomic E-state index is -1.26. The maximum absolute atomic E-state index is 12.3. The van der Waals surface area contributed by atoms with Gasteiger partial charge in [-0.2, -0.15) is 0 Å². The van der Waals surface area contributed by atoms with Crippen molar-refractivity contribution in [2.75, 3.05) is 10.0 Å². The summed E-state index contributed by atoms with van der Waals surface area (Å²) < 4.78 is 17.7. The number of rotatable bonds is 5. The number of halogens is 2. The van der Waals surface area contributed by atoms with E-state index < -0.39 is 11.4 Å². The lowest BCUT2D eigenvalue weighted by Crippen LogP contribution is -2.27. The minimum absolute atomic E-state index is 0.0581. The first-order valence-corrected chi connectivity index (χ1v) is 9.97. The van der Waals surface area contributed by atoms with E-state index in [0.29, 0.717) is 27.8 Å². The van der Waals surface area contributed by atoms with Crippen molar-refractivity contribution in [3.05, 3.63) is 48.8 Å². The van der Waals surface area contributed by atoms with Crippen LogP contribution in [-0.4, -0.2) is 14.4 Å². The van der Waals surface area contributed by atoms with Crippen LogP contribution in [0, 0.1) is 10.5 Å². The molecule has 0 spiro atoms. The molecule has 2 rings (SSSR count). The summed E-state index contributed by atoms with van der Waals surface area (Å²) in [6.07, 6.45) is 0. The maximum Gasteiger partial charge on any atom is 0.254 e. The third-order valence-corrected chi connectivity index (χ3v) is 5.68. The lowest BCUT2D eigenvalue weighted by Gasteiger charge is -2.21. The van der Waals surface area contributed by atoms with Gasteiger partial charge in [-0.25, -0.2) is 4.72 Å². The zero-order valence-corrected chi connectivity index (χ0v) is 17.5. The molecule has 1 aromatic carbocycles. The van der Waals surface area contributed by atoms with Crippen molar-refractivity contribution in [1.29, 1.82) is 0 Å². The van der Waals surface area contributed by atoms with Gasteiger partial charge in [0.1, 0.15) is 16.8 Å². The molecule has 0 amide bonds. The summed E-state index contributed by atoms with van der Waals surface area (Å²) in [5.41, 5.74) is 1.71. The third-order valence-electron chi connectivity index (χ3n) is 3.42. The molecular weight excluding hydrogens is 461 g/mol. The van der Waals surface area contributed by atoms with Gasteiger partial charge in [0, 0.05) is 16.2 Å². The summed E-state index contributed by atoms with van der Waals surface area (Å²) >= 11 is 7.19. The standard InChI is InChI=1S/C16H19ClIN3O2S/c1-9(2)24(23)20-14-7-10(3)16(22)21(4)15(14)19-13-6-5-11(18)8-12(13)17/h5-9,19-20H,1-4H3. The van der Waals surface area contributed by atoms with Gasteiger partial charge in [-0.05, 0) is 67.6 Å². The summed E-state index contributed by atoms with van der Waals surface area (Å²) in [6.45, 7) is 5.45. The van der Waals surface area contributed by atoms with Crippen LogP contribution in [-0.2, 0) is 18.4 Å². The molecule has 1 heterocycles. The summed E-state index contributed by atoms with van der Waals surface area (Å²) in [5, 5.41) is 3.67. The summed E-state index contributed by atoms with van der Waals surface area (Å²) in [6, 6.07) is 7.29. The second kappa shape index (κ2) is 7.99. The Bertz CT molecular complexity index is 811. The quantitative estimate of drug-likeness (QED) is 0.499. The van der Waals surface area contributed by atoms with Crippen LogP contribution in [0.25, 0.3) is 0 Å². The number of anilines is 3. The first-order valence-electron chi connectivity index (χ1n) is 7.30. The van der Waals surface area contributed by atoms with Crippen LogP contribution >= 0.6 is 34.2 Å². The largest absolute Gasteiger partial charge is 0.593 e. The highest BCUT2D eigenvalue weighted by Gasteiger charge is 2.18. The third kappa shape index (κ3) is 4.38. The highest BCUT2D eigenvalue weighted by molar-refractivity contribution is 14.1. The Morgan fingerprint density at radius 3 is 2.54 bits per heavy atom. The van der Waals surface area contributed by atoms with Crippen LogP contribution in [0.5, 0.6) is 0 Å². The second-order valence-corrected chi connectivity index (χ2v) is 9.05. The van der Waals surface area contributed by atoms with E-state index in [0.717, 1.165) is 3.57 Å². The summed E-state index contributed by atoms with van der Waals surface area (Å²) in [7, 11) is 1.67. The van der Waals surface area contributed by atoms with Gasteiger partial charge in [0.05, 0.1) is 22.1 Å². The van der Waals surface area contributed by atoms with Gasteiger partial charge >= 0.3 is 0 Å². The molecule has 1 atom stereocenters. The Hall–Kier alpha value is -0.900. The van der Waals surface area contributed by atoms with Crippen molar-refractivity contribution in [2.24, 2.45) is 7.05 Å². The number of hydrogen-bond donors (Lipinski definition) is 2. The van der Waals surface area contributed by atoms with E-state index in [1.165, 1.54) is 4.57 Å². The Kier molecular flexibility index (Phi) is 6.46. The summed E-state index contributed by atoms with van der Waals surface area (Å²) in [5.74, 6) is 0.516. The first kappa shape index (κ1) is 19.4. The molecule has 0 radical (unpaired) electrons. The zero-order chi connectivity index (χ0) is 18.0. The van der Waals surface area contributed by atoms with Crippen molar-refractivity contribution in [2.45, 2.75) is 26.0 Å². The van der Waals surface area contributed by atoms with E-state index >= 15 is 0 Å². The highest BCUT2D eigenvalue weighted by atomic mass is 127. The summed E-state index contributed by atoms with van der Waals surface area (Å²) in [4.78, 5) is 12.3. The number of nitrogens with one attached hydrogen (secondary N) is 2. The van der Waals surface area contributed by atoms with Gasteiger partial charge in [-0.15, -0.1) is 0 Å². The topological polar surface area (TPSA) is 69.1 Å². The smallest absolute Gasteiger partial charge is 0.254 e. The first-order chi connectivity index (χ1) is 11.2. The molecular formula is C16H19ClIN3O2S. The molecule has 0 saturated heterocycles. The second-order valence-electron chi connectivity index (χ2n) is 5.65. The molecule has 2 aromatic rings. The van der Waals surface area contributed by atoms with E-state index in [1.54, 1.807) is 20.0 Å². The van der Waals surface area contributed by atoms with Crippen molar-refractivity contribution in [3.8, 4) is 0 Å². The van der Waals surface area contributed by atoms with E-state index in [4.69, 9.17) is 11.6 Å². The van der Waals surface area contributed by atoms with Gasteiger partial charge < -0.3 is 9.87 Å². The SMILES string of the molecule is Cc1cc(N[S+]([O-])C(C)C)c(Nc2ccc(I)cc2Cl)n(C)c1=O. The molecule has 0 bridgehead atoms. The van der Waals surface area contributed by atoms with E-state index in [2.05, 4.69) is 32.6 Å². The van der Waals surface area contributed by atoms with Crippen molar-refractivity contribution >= 4 is 62.7 Å². The van der Waals surface area contributed by atoms with Gasteiger partial charge in [0.15, 0.2) is 0 Å². The molecule has 1 unspecified atom stereocenters. The predicted molar refractivity (Wildman–Crippen MR) is 111 cm³/mol. The van der Waals surface area contributed by atoms with Gasteiger partial charge in [0.2, 0.25) is 0 Å². The van der Waals surface area contributed by atoms with Crippen molar-refractivity contribution in [1.82, 2.24) is 4.57 Å². The molecule has 1 aromatic heterocycles. The lowest BCUT2D eigenvalue weighted by atomic mass is 10.2. The molecule has 0 aliphatic rings. The molecule has 8 heteroatoms. The van der Waals surface area contributed by atoms with Gasteiger partial charge in [-0.3, -0.25) is 9.36 Å².